The van der Waals surface area contributed by atoms with Crippen LogP contribution in [0.15, 0.2) is 48.5 Å². The van der Waals surface area contributed by atoms with E-state index in [1.165, 1.54) is 0 Å². The maximum Gasteiger partial charge on any atom is 0.263 e. The molecule has 2 amide bonds. The van der Waals surface area contributed by atoms with E-state index in [0.717, 1.165) is 23.5 Å². The van der Waals surface area contributed by atoms with Crippen molar-refractivity contribution in [2.75, 3.05) is 32.8 Å². The van der Waals surface area contributed by atoms with E-state index >= 15 is 0 Å². The lowest BCUT2D eigenvalue weighted by atomic mass is 10.0. The predicted octanol–water partition coefficient (Wildman–Crippen LogP) is 4.35. The number of para-hydroxylation sites is 1. The third kappa shape index (κ3) is 5.81. The van der Waals surface area contributed by atoms with Crippen molar-refractivity contribution in [3.05, 3.63) is 59.7 Å². The first kappa shape index (κ1) is 23.6. The van der Waals surface area contributed by atoms with Crippen LogP contribution in [0.4, 0.5) is 0 Å². The molecule has 1 aliphatic heterocycles. The molecule has 32 heavy (non-hydrogen) atoms. The second-order valence-electron chi connectivity index (χ2n) is 8.38. The molecule has 6 nitrogen and oxygen atoms in total. The number of hydrogen-bond acceptors (Lipinski definition) is 4. The van der Waals surface area contributed by atoms with Crippen LogP contribution in [-0.2, 0) is 4.79 Å². The Morgan fingerprint density at radius 1 is 0.906 bits per heavy atom. The predicted molar refractivity (Wildman–Crippen MR) is 125 cm³/mol. The topological polar surface area (TPSA) is 59.1 Å². The van der Waals surface area contributed by atoms with E-state index in [1.54, 1.807) is 19.1 Å². The molecule has 2 aromatic rings. The Balaban J connectivity index is 1.59. The Hall–Kier alpha value is -3.02. The maximum atomic E-state index is 13.1. The number of amides is 2. The van der Waals surface area contributed by atoms with E-state index in [2.05, 4.69) is 13.8 Å². The number of rotatable bonds is 7. The van der Waals surface area contributed by atoms with Crippen LogP contribution in [-0.4, -0.2) is 60.5 Å². The van der Waals surface area contributed by atoms with Gasteiger partial charge < -0.3 is 19.3 Å². The molecule has 2 aromatic carbocycles. The highest BCUT2D eigenvalue weighted by Gasteiger charge is 2.27. The van der Waals surface area contributed by atoms with Gasteiger partial charge in [0, 0.05) is 31.7 Å². The highest BCUT2D eigenvalue weighted by molar-refractivity contribution is 5.94. The first-order valence-corrected chi connectivity index (χ1v) is 11.5. The highest BCUT2D eigenvalue weighted by atomic mass is 16.5. The van der Waals surface area contributed by atoms with Crippen molar-refractivity contribution in [2.24, 2.45) is 0 Å². The van der Waals surface area contributed by atoms with Gasteiger partial charge in [-0.05, 0) is 62.1 Å². The molecule has 0 aromatic heterocycles. The Morgan fingerprint density at radius 2 is 1.56 bits per heavy atom. The van der Waals surface area contributed by atoms with Crippen molar-refractivity contribution in [2.45, 2.75) is 46.1 Å². The quantitative estimate of drug-likeness (QED) is 0.645. The van der Waals surface area contributed by atoms with Crippen LogP contribution in [0, 0.1) is 0 Å². The molecule has 0 N–H and O–H groups in total. The van der Waals surface area contributed by atoms with E-state index in [4.69, 9.17) is 9.47 Å². The monoisotopic (exact) mass is 438 g/mol. The van der Waals surface area contributed by atoms with Crippen molar-refractivity contribution >= 4 is 11.8 Å². The minimum Gasteiger partial charge on any atom is -0.494 e. The molecular formula is C26H34N2O4. The number of carbonyl (C=O) groups is 2. The minimum absolute atomic E-state index is 0.0162. The van der Waals surface area contributed by atoms with E-state index in [9.17, 15) is 9.59 Å². The Morgan fingerprint density at radius 3 is 2.25 bits per heavy atom. The Labute approximate surface area is 191 Å². The molecule has 1 heterocycles. The van der Waals surface area contributed by atoms with Gasteiger partial charge in [0.1, 0.15) is 11.5 Å². The van der Waals surface area contributed by atoms with Gasteiger partial charge in [-0.25, -0.2) is 0 Å². The van der Waals surface area contributed by atoms with Crippen LogP contribution >= 0.6 is 0 Å². The zero-order valence-electron chi connectivity index (χ0n) is 19.5. The lowest BCUT2D eigenvalue weighted by molar-refractivity contribution is -0.137. The van der Waals surface area contributed by atoms with Crippen molar-refractivity contribution < 1.29 is 19.1 Å². The van der Waals surface area contributed by atoms with E-state index < -0.39 is 6.10 Å². The molecule has 1 saturated heterocycles. The fourth-order valence-electron chi connectivity index (χ4n) is 3.95. The normalized spacial score (nSPS) is 15.3. The SMILES string of the molecule is CCOc1ccc(C(=O)N2CCCN(C(=O)C(C)Oc3ccccc3C(C)C)CC2)cc1. The van der Waals surface area contributed by atoms with Crippen LogP contribution in [0.25, 0.3) is 0 Å². The van der Waals surface area contributed by atoms with E-state index in [-0.39, 0.29) is 11.8 Å². The van der Waals surface area contributed by atoms with Gasteiger partial charge in [-0.3, -0.25) is 9.59 Å². The molecule has 3 rings (SSSR count). The molecule has 0 saturated carbocycles. The zero-order valence-corrected chi connectivity index (χ0v) is 19.5. The van der Waals surface area contributed by atoms with Crippen molar-refractivity contribution in [3.63, 3.8) is 0 Å². The van der Waals surface area contributed by atoms with Crippen LogP contribution in [0.5, 0.6) is 11.5 Å². The molecule has 6 heteroatoms. The lowest BCUT2D eigenvalue weighted by Gasteiger charge is -2.26. The fourth-order valence-corrected chi connectivity index (χ4v) is 3.95. The average molecular weight is 439 g/mol. The summed E-state index contributed by atoms with van der Waals surface area (Å²) in [6, 6.07) is 15.1. The van der Waals surface area contributed by atoms with Gasteiger partial charge in [-0.1, -0.05) is 32.0 Å². The molecule has 1 aliphatic rings. The summed E-state index contributed by atoms with van der Waals surface area (Å²) in [4.78, 5) is 29.6. The third-order valence-corrected chi connectivity index (χ3v) is 5.70. The van der Waals surface area contributed by atoms with Gasteiger partial charge in [0.25, 0.3) is 11.8 Å². The molecule has 0 bridgehead atoms. The summed E-state index contributed by atoms with van der Waals surface area (Å²) in [6.07, 6.45) is 0.160. The van der Waals surface area contributed by atoms with Gasteiger partial charge in [-0.15, -0.1) is 0 Å². The summed E-state index contributed by atoms with van der Waals surface area (Å²) < 4.78 is 11.5. The molecule has 172 valence electrons. The van der Waals surface area contributed by atoms with Gasteiger partial charge in [0.2, 0.25) is 0 Å². The summed E-state index contributed by atoms with van der Waals surface area (Å²) in [5.41, 5.74) is 1.73. The molecule has 1 atom stereocenters. The maximum absolute atomic E-state index is 13.1. The van der Waals surface area contributed by atoms with E-state index in [1.807, 2.05) is 53.1 Å². The van der Waals surface area contributed by atoms with Crippen molar-refractivity contribution in [1.29, 1.82) is 0 Å². The number of nitrogens with zero attached hydrogens (tertiary/aromatic N) is 2. The van der Waals surface area contributed by atoms with Crippen LogP contribution < -0.4 is 9.47 Å². The van der Waals surface area contributed by atoms with Crippen molar-refractivity contribution in [1.82, 2.24) is 9.80 Å². The van der Waals surface area contributed by atoms with Crippen molar-refractivity contribution in [3.8, 4) is 11.5 Å². The van der Waals surface area contributed by atoms with Gasteiger partial charge in [0.15, 0.2) is 6.10 Å². The molecule has 0 aliphatic carbocycles. The van der Waals surface area contributed by atoms with Crippen LogP contribution in [0.1, 0.15) is 56.0 Å². The first-order chi connectivity index (χ1) is 15.4. The third-order valence-electron chi connectivity index (χ3n) is 5.70. The first-order valence-electron chi connectivity index (χ1n) is 11.5. The molecule has 1 unspecified atom stereocenters. The summed E-state index contributed by atoms with van der Waals surface area (Å²) >= 11 is 0. The number of hydrogen-bond donors (Lipinski definition) is 0. The molecule has 0 spiro atoms. The Bertz CT molecular complexity index is 910. The van der Waals surface area contributed by atoms with Gasteiger partial charge in [-0.2, -0.15) is 0 Å². The summed E-state index contributed by atoms with van der Waals surface area (Å²) in [5, 5.41) is 0. The Kier molecular flexibility index (Phi) is 8.14. The number of carbonyl (C=O) groups excluding carboxylic acids is 2. The molecular weight excluding hydrogens is 404 g/mol. The second kappa shape index (κ2) is 11.0. The largest absolute Gasteiger partial charge is 0.494 e. The summed E-state index contributed by atoms with van der Waals surface area (Å²) in [6.45, 7) is 10.8. The van der Waals surface area contributed by atoms with Gasteiger partial charge >= 0.3 is 0 Å². The van der Waals surface area contributed by atoms with Crippen LogP contribution in [0.3, 0.4) is 0 Å². The smallest absolute Gasteiger partial charge is 0.263 e. The summed E-state index contributed by atoms with van der Waals surface area (Å²) in [5.74, 6) is 1.76. The standard InChI is InChI=1S/C26H34N2O4/c1-5-31-22-13-11-21(12-14-22)26(30)28-16-8-15-27(17-18-28)25(29)20(4)32-24-10-7-6-9-23(24)19(2)3/h6-7,9-14,19-20H,5,8,15-18H2,1-4H3. The highest BCUT2D eigenvalue weighted by Crippen LogP contribution is 2.27. The minimum atomic E-state index is -0.580. The molecule has 1 fully saturated rings. The molecule has 0 radical (unpaired) electrons. The second-order valence-corrected chi connectivity index (χ2v) is 8.38. The number of benzene rings is 2. The number of ether oxygens (including phenoxy) is 2. The van der Waals surface area contributed by atoms with E-state index in [0.29, 0.717) is 44.3 Å². The lowest BCUT2D eigenvalue weighted by Crippen LogP contribution is -2.43. The summed E-state index contributed by atoms with van der Waals surface area (Å²) in [7, 11) is 0. The average Bonchev–Trinajstić information content (AvgIpc) is 3.05. The van der Waals surface area contributed by atoms with Gasteiger partial charge in [0.05, 0.1) is 6.61 Å². The van der Waals surface area contributed by atoms with Crippen LogP contribution in [0.2, 0.25) is 0 Å². The zero-order chi connectivity index (χ0) is 23.1. The fraction of sp³-hybridized carbons (Fsp3) is 0.462.